The van der Waals surface area contributed by atoms with Crippen molar-refractivity contribution in [3.63, 3.8) is 0 Å². The average molecular weight is 363 g/mol. The second kappa shape index (κ2) is 7.53. The topological polar surface area (TPSA) is 75.4 Å². The Bertz CT molecular complexity index is 864. The monoisotopic (exact) mass is 363 g/mol. The van der Waals surface area contributed by atoms with Crippen LogP contribution in [0.1, 0.15) is 35.2 Å². The summed E-state index contributed by atoms with van der Waals surface area (Å²) in [5.41, 5.74) is 9.23. The van der Waals surface area contributed by atoms with Gasteiger partial charge < -0.3 is 16.0 Å². The Morgan fingerprint density at radius 3 is 2.81 bits per heavy atom. The number of amides is 2. The van der Waals surface area contributed by atoms with E-state index in [1.165, 1.54) is 5.56 Å². The number of para-hydroxylation sites is 1. The fourth-order valence-electron chi connectivity index (χ4n) is 4.33. The second-order valence-corrected chi connectivity index (χ2v) is 7.44. The standard InChI is InChI=1S/C22H25N3O2/c23-14-17-7-4-9-19(17)21(26)24-18-8-3-6-16(13-18)22(27)25-12-11-15-5-1-2-10-20(15)25/h1-3,5-6,8,10,13,17,19H,4,7,9,11-12,14,23H2,(H,24,26)/t17-,19-/m1/s1. The summed E-state index contributed by atoms with van der Waals surface area (Å²) < 4.78 is 0. The molecule has 2 amide bonds. The maximum Gasteiger partial charge on any atom is 0.258 e. The number of carbonyl (C=O) groups excluding carboxylic acids is 2. The maximum atomic E-state index is 13.0. The molecule has 0 bridgehead atoms. The van der Waals surface area contributed by atoms with Crippen molar-refractivity contribution in [3.05, 3.63) is 59.7 Å². The van der Waals surface area contributed by atoms with E-state index in [1.807, 2.05) is 35.2 Å². The van der Waals surface area contributed by atoms with Crippen molar-refractivity contribution in [3.8, 4) is 0 Å². The van der Waals surface area contributed by atoms with Gasteiger partial charge in [0.1, 0.15) is 0 Å². The van der Waals surface area contributed by atoms with Crippen LogP contribution < -0.4 is 16.0 Å². The van der Waals surface area contributed by atoms with Crippen LogP contribution in [0.5, 0.6) is 0 Å². The van der Waals surface area contributed by atoms with Crippen molar-refractivity contribution >= 4 is 23.2 Å². The first-order chi connectivity index (χ1) is 13.2. The number of anilines is 2. The van der Waals surface area contributed by atoms with Gasteiger partial charge in [0.05, 0.1) is 0 Å². The quantitative estimate of drug-likeness (QED) is 0.876. The van der Waals surface area contributed by atoms with Gasteiger partial charge in [-0.25, -0.2) is 0 Å². The van der Waals surface area contributed by atoms with Crippen LogP contribution in [-0.4, -0.2) is 24.9 Å². The lowest BCUT2D eigenvalue weighted by molar-refractivity contribution is -0.120. The van der Waals surface area contributed by atoms with E-state index >= 15 is 0 Å². The number of hydrogen-bond acceptors (Lipinski definition) is 3. The number of hydrogen-bond donors (Lipinski definition) is 2. The van der Waals surface area contributed by atoms with Crippen LogP contribution >= 0.6 is 0 Å². The molecular weight excluding hydrogens is 338 g/mol. The fourth-order valence-corrected chi connectivity index (χ4v) is 4.33. The molecule has 140 valence electrons. The summed E-state index contributed by atoms with van der Waals surface area (Å²) in [7, 11) is 0. The van der Waals surface area contributed by atoms with E-state index in [1.54, 1.807) is 12.1 Å². The number of benzene rings is 2. The van der Waals surface area contributed by atoms with Gasteiger partial charge in [0.15, 0.2) is 0 Å². The highest BCUT2D eigenvalue weighted by atomic mass is 16.2. The van der Waals surface area contributed by atoms with E-state index in [9.17, 15) is 9.59 Å². The molecular formula is C22H25N3O2. The third-order valence-electron chi connectivity index (χ3n) is 5.81. The average Bonchev–Trinajstić information content (AvgIpc) is 3.34. The van der Waals surface area contributed by atoms with Crippen LogP contribution in [-0.2, 0) is 11.2 Å². The van der Waals surface area contributed by atoms with Gasteiger partial charge in [-0.05, 0) is 61.6 Å². The third-order valence-corrected chi connectivity index (χ3v) is 5.81. The van der Waals surface area contributed by atoms with Gasteiger partial charge in [0, 0.05) is 29.4 Å². The first-order valence-corrected chi connectivity index (χ1v) is 9.68. The van der Waals surface area contributed by atoms with Crippen LogP contribution in [0.2, 0.25) is 0 Å². The normalized spacial score (nSPS) is 21.1. The molecule has 0 unspecified atom stereocenters. The van der Waals surface area contributed by atoms with Crippen LogP contribution in [0.15, 0.2) is 48.5 Å². The molecule has 2 aromatic carbocycles. The molecule has 2 atom stereocenters. The molecule has 1 aliphatic carbocycles. The molecule has 1 fully saturated rings. The second-order valence-electron chi connectivity index (χ2n) is 7.44. The Labute approximate surface area is 159 Å². The smallest absolute Gasteiger partial charge is 0.258 e. The van der Waals surface area contributed by atoms with E-state index in [-0.39, 0.29) is 23.7 Å². The molecule has 0 aromatic heterocycles. The molecule has 5 nitrogen and oxygen atoms in total. The number of nitrogens with two attached hydrogens (primary N) is 1. The third kappa shape index (κ3) is 3.47. The molecule has 2 aliphatic rings. The van der Waals surface area contributed by atoms with Crippen LogP contribution in [0.25, 0.3) is 0 Å². The summed E-state index contributed by atoms with van der Waals surface area (Å²) in [6.45, 7) is 1.24. The molecule has 4 rings (SSSR count). The van der Waals surface area contributed by atoms with Gasteiger partial charge >= 0.3 is 0 Å². The van der Waals surface area contributed by atoms with Crippen molar-refractivity contribution in [1.82, 2.24) is 0 Å². The SMILES string of the molecule is NC[C@H]1CCC[C@H]1C(=O)Nc1cccc(C(=O)N2CCc3ccccc32)c1. The predicted octanol–water partition coefficient (Wildman–Crippen LogP) is 3.20. The van der Waals surface area contributed by atoms with E-state index in [0.717, 1.165) is 31.4 Å². The molecule has 0 radical (unpaired) electrons. The molecule has 1 saturated carbocycles. The van der Waals surface area contributed by atoms with Gasteiger partial charge in [-0.15, -0.1) is 0 Å². The summed E-state index contributed by atoms with van der Waals surface area (Å²) in [6.07, 6.45) is 3.83. The Morgan fingerprint density at radius 1 is 1.11 bits per heavy atom. The number of rotatable bonds is 4. The predicted molar refractivity (Wildman–Crippen MR) is 107 cm³/mol. The highest BCUT2D eigenvalue weighted by molar-refractivity contribution is 6.08. The van der Waals surface area contributed by atoms with E-state index in [4.69, 9.17) is 5.73 Å². The molecule has 5 heteroatoms. The lowest BCUT2D eigenvalue weighted by Crippen LogP contribution is -2.30. The number of nitrogens with one attached hydrogen (secondary N) is 1. The zero-order valence-electron chi connectivity index (χ0n) is 15.4. The van der Waals surface area contributed by atoms with Crippen molar-refractivity contribution < 1.29 is 9.59 Å². The lowest BCUT2D eigenvalue weighted by atomic mass is 9.95. The Morgan fingerprint density at radius 2 is 1.96 bits per heavy atom. The number of carbonyl (C=O) groups is 2. The van der Waals surface area contributed by atoms with Gasteiger partial charge in [-0.2, -0.15) is 0 Å². The summed E-state index contributed by atoms with van der Waals surface area (Å²) in [5.74, 6) is 0.214. The van der Waals surface area contributed by atoms with Crippen molar-refractivity contribution in [2.75, 3.05) is 23.3 Å². The zero-order chi connectivity index (χ0) is 18.8. The van der Waals surface area contributed by atoms with Gasteiger partial charge in [0.25, 0.3) is 5.91 Å². The number of fused-ring (bicyclic) bond motifs is 1. The fraction of sp³-hybridized carbons (Fsp3) is 0.364. The summed E-state index contributed by atoms with van der Waals surface area (Å²) in [4.78, 5) is 27.4. The van der Waals surface area contributed by atoms with Gasteiger partial charge in [-0.1, -0.05) is 30.7 Å². The Kier molecular flexibility index (Phi) is 4.94. The minimum atomic E-state index is -0.0308. The molecule has 1 heterocycles. The first kappa shape index (κ1) is 17.7. The summed E-state index contributed by atoms with van der Waals surface area (Å²) in [6, 6.07) is 15.2. The minimum Gasteiger partial charge on any atom is -0.330 e. The molecule has 2 aromatic rings. The largest absolute Gasteiger partial charge is 0.330 e. The van der Waals surface area contributed by atoms with Crippen molar-refractivity contribution in [1.29, 1.82) is 0 Å². The van der Waals surface area contributed by atoms with Crippen LogP contribution in [0, 0.1) is 11.8 Å². The van der Waals surface area contributed by atoms with E-state index in [2.05, 4.69) is 11.4 Å². The summed E-state index contributed by atoms with van der Waals surface area (Å²) in [5, 5.41) is 2.99. The highest BCUT2D eigenvalue weighted by Gasteiger charge is 2.32. The molecule has 0 spiro atoms. The lowest BCUT2D eigenvalue weighted by Gasteiger charge is -2.19. The van der Waals surface area contributed by atoms with Crippen molar-refractivity contribution in [2.45, 2.75) is 25.7 Å². The first-order valence-electron chi connectivity index (χ1n) is 9.68. The Balaban J connectivity index is 1.50. The van der Waals surface area contributed by atoms with Gasteiger partial charge in [-0.3, -0.25) is 9.59 Å². The molecule has 1 aliphatic heterocycles. The highest BCUT2D eigenvalue weighted by Crippen LogP contribution is 2.32. The zero-order valence-corrected chi connectivity index (χ0v) is 15.4. The molecule has 27 heavy (non-hydrogen) atoms. The maximum absolute atomic E-state index is 13.0. The Hall–Kier alpha value is -2.66. The van der Waals surface area contributed by atoms with Gasteiger partial charge in [0.2, 0.25) is 5.91 Å². The number of nitrogens with zero attached hydrogens (tertiary/aromatic N) is 1. The minimum absolute atomic E-state index is 0.0130. The molecule has 0 saturated heterocycles. The van der Waals surface area contributed by atoms with Crippen LogP contribution in [0.3, 0.4) is 0 Å². The van der Waals surface area contributed by atoms with E-state index < -0.39 is 0 Å². The van der Waals surface area contributed by atoms with Crippen molar-refractivity contribution in [2.24, 2.45) is 17.6 Å². The van der Waals surface area contributed by atoms with Crippen LogP contribution in [0.4, 0.5) is 11.4 Å². The van der Waals surface area contributed by atoms with E-state index in [0.29, 0.717) is 24.3 Å². The summed E-state index contributed by atoms with van der Waals surface area (Å²) >= 11 is 0. The molecule has 3 N–H and O–H groups in total.